The SMILES string of the molecule is C#CC(=O)Nc1cccc(Cl)c1. The van der Waals surface area contributed by atoms with Crippen molar-refractivity contribution in [2.75, 3.05) is 5.32 Å². The predicted octanol–water partition coefficient (Wildman–Crippen LogP) is 1.91. The summed E-state index contributed by atoms with van der Waals surface area (Å²) in [4.78, 5) is 10.7. The number of hydrogen-bond acceptors (Lipinski definition) is 1. The first-order valence-corrected chi connectivity index (χ1v) is 3.63. The largest absolute Gasteiger partial charge is 0.315 e. The molecule has 0 atom stereocenters. The van der Waals surface area contributed by atoms with Crippen molar-refractivity contribution in [1.29, 1.82) is 0 Å². The topological polar surface area (TPSA) is 29.1 Å². The fraction of sp³-hybridized carbons (Fsp3) is 0. The Labute approximate surface area is 75.5 Å². The summed E-state index contributed by atoms with van der Waals surface area (Å²) in [5, 5.41) is 3.03. The zero-order chi connectivity index (χ0) is 8.97. The van der Waals surface area contributed by atoms with E-state index in [1.54, 1.807) is 24.3 Å². The van der Waals surface area contributed by atoms with Crippen molar-refractivity contribution in [1.82, 2.24) is 0 Å². The van der Waals surface area contributed by atoms with Gasteiger partial charge in [-0.05, 0) is 24.1 Å². The van der Waals surface area contributed by atoms with Crippen LogP contribution in [0.5, 0.6) is 0 Å². The molecular weight excluding hydrogens is 174 g/mol. The Morgan fingerprint density at radius 2 is 2.33 bits per heavy atom. The molecule has 1 aromatic carbocycles. The molecule has 0 aliphatic carbocycles. The maximum Gasteiger partial charge on any atom is 0.300 e. The van der Waals surface area contributed by atoms with Gasteiger partial charge in [-0.1, -0.05) is 17.7 Å². The second-order valence-corrected chi connectivity index (χ2v) is 2.55. The molecule has 1 N–H and O–H groups in total. The number of hydrogen-bond donors (Lipinski definition) is 1. The normalized spacial score (nSPS) is 8.67. The summed E-state index contributed by atoms with van der Waals surface area (Å²) in [7, 11) is 0. The highest BCUT2D eigenvalue weighted by Gasteiger charge is 1.96. The Kier molecular flexibility index (Phi) is 2.73. The minimum atomic E-state index is -0.475. The number of rotatable bonds is 1. The van der Waals surface area contributed by atoms with E-state index in [2.05, 4.69) is 5.32 Å². The van der Waals surface area contributed by atoms with Gasteiger partial charge in [-0.15, -0.1) is 6.42 Å². The Morgan fingerprint density at radius 3 is 2.92 bits per heavy atom. The van der Waals surface area contributed by atoms with Gasteiger partial charge < -0.3 is 5.32 Å². The monoisotopic (exact) mass is 179 g/mol. The van der Waals surface area contributed by atoms with Gasteiger partial charge in [0.05, 0.1) is 0 Å². The van der Waals surface area contributed by atoms with Crippen LogP contribution in [-0.2, 0) is 4.79 Å². The third-order valence-electron chi connectivity index (χ3n) is 1.21. The van der Waals surface area contributed by atoms with E-state index in [-0.39, 0.29) is 0 Å². The Bertz CT molecular complexity index is 341. The van der Waals surface area contributed by atoms with Crippen LogP contribution in [0, 0.1) is 12.3 Å². The predicted molar refractivity (Wildman–Crippen MR) is 48.9 cm³/mol. The Balaban J connectivity index is 2.78. The summed E-state index contributed by atoms with van der Waals surface area (Å²) in [6.45, 7) is 0. The molecule has 1 aromatic rings. The van der Waals surface area contributed by atoms with Gasteiger partial charge in [0, 0.05) is 10.7 Å². The van der Waals surface area contributed by atoms with E-state index in [4.69, 9.17) is 18.0 Å². The third-order valence-corrected chi connectivity index (χ3v) is 1.45. The average Bonchev–Trinajstić information content (AvgIpc) is 2.04. The lowest BCUT2D eigenvalue weighted by atomic mass is 10.3. The molecule has 0 saturated carbocycles. The van der Waals surface area contributed by atoms with Crippen LogP contribution in [0.4, 0.5) is 5.69 Å². The molecule has 0 radical (unpaired) electrons. The Hall–Kier alpha value is -1.46. The van der Waals surface area contributed by atoms with Crippen molar-refractivity contribution in [3.05, 3.63) is 29.3 Å². The number of nitrogens with one attached hydrogen (secondary N) is 1. The van der Waals surface area contributed by atoms with Gasteiger partial charge in [0.25, 0.3) is 5.91 Å². The van der Waals surface area contributed by atoms with E-state index in [1.807, 2.05) is 5.92 Å². The Morgan fingerprint density at radius 1 is 1.58 bits per heavy atom. The molecule has 0 fully saturated rings. The molecule has 0 spiro atoms. The van der Waals surface area contributed by atoms with Crippen LogP contribution in [0.2, 0.25) is 5.02 Å². The number of terminal acetylenes is 1. The second kappa shape index (κ2) is 3.80. The highest BCUT2D eigenvalue weighted by molar-refractivity contribution is 6.30. The van der Waals surface area contributed by atoms with E-state index < -0.39 is 5.91 Å². The highest BCUT2D eigenvalue weighted by Crippen LogP contribution is 2.14. The lowest BCUT2D eigenvalue weighted by Crippen LogP contribution is -2.07. The molecule has 0 bridgehead atoms. The van der Waals surface area contributed by atoms with E-state index in [9.17, 15) is 4.79 Å². The number of carbonyl (C=O) groups excluding carboxylic acids is 1. The van der Waals surface area contributed by atoms with Gasteiger partial charge in [-0.3, -0.25) is 4.79 Å². The van der Waals surface area contributed by atoms with E-state index >= 15 is 0 Å². The first-order valence-electron chi connectivity index (χ1n) is 3.25. The summed E-state index contributed by atoms with van der Waals surface area (Å²) < 4.78 is 0. The molecule has 0 aromatic heterocycles. The zero-order valence-electron chi connectivity index (χ0n) is 6.17. The van der Waals surface area contributed by atoms with Crippen LogP contribution in [0.3, 0.4) is 0 Å². The lowest BCUT2D eigenvalue weighted by Gasteiger charge is -1.99. The van der Waals surface area contributed by atoms with E-state index in [0.29, 0.717) is 10.7 Å². The van der Waals surface area contributed by atoms with Crippen LogP contribution in [-0.4, -0.2) is 5.91 Å². The standard InChI is InChI=1S/C9H6ClNO/c1-2-9(12)11-8-5-3-4-7(10)6-8/h1,3-6H,(H,11,12). The van der Waals surface area contributed by atoms with E-state index in [0.717, 1.165) is 0 Å². The smallest absolute Gasteiger partial charge is 0.300 e. The number of amides is 1. The minimum Gasteiger partial charge on any atom is -0.315 e. The van der Waals surface area contributed by atoms with Crippen molar-refractivity contribution >= 4 is 23.2 Å². The van der Waals surface area contributed by atoms with Crippen LogP contribution >= 0.6 is 11.6 Å². The first-order chi connectivity index (χ1) is 5.72. The highest BCUT2D eigenvalue weighted by atomic mass is 35.5. The summed E-state index contributed by atoms with van der Waals surface area (Å²) in [6, 6.07) is 6.78. The summed E-state index contributed by atoms with van der Waals surface area (Å²) in [5.74, 6) is 1.47. The number of benzene rings is 1. The summed E-state index contributed by atoms with van der Waals surface area (Å²) in [6.07, 6.45) is 4.86. The fourth-order valence-electron chi connectivity index (χ4n) is 0.733. The molecule has 0 aliphatic heterocycles. The number of anilines is 1. The van der Waals surface area contributed by atoms with Crippen LogP contribution < -0.4 is 5.32 Å². The van der Waals surface area contributed by atoms with Gasteiger partial charge in [0.15, 0.2) is 0 Å². The first kappa shape index (κ1) is 8.63. The van der Waals surface area contributed by atoms with Gasteiger partial charge in [-0.25, -0.2) is 0 Å². The van der Waals surface area contributed by atoms with Gasteiger partial charge in [0.1, 0.15) is 0 Å². The molecule has 2 nitrogen and oxygen atoms in total. The number of carbonyl (C=O) groups is 1. The molecule has 1 rings (SSSR count). The fourth-order valence-corrected chi connectivity index (χ4v) is 0.924. The van der Waals surface area contributed by atoms with Crippen molar-refractivity contribution in [3.8, 4) is 12.3 Å². The molecule has 60 valence electrons. The van der Waals surface area contributed by atoms with Crippen molar-refractivity contribution in [3.63, 3.8) is 0 Å². The second-order valence-electron chi connectivity index (χ2n) is 2.11. The zero-order valence-corrected chi connectivity index (χ0v) is 6.93. The molecule has 0 unspecified atom stereocenters. The van der Waals surface area contributed by atoms with Crippen molar-refractivity contribution in [2.24, 2.45) is 0 Å². The minimum absolute atomic E-state index is 0.475. The molecule has 0 heterocycles. The molecular formula is C9H6ClNO. The summed E-state index contributed by atoms with van der Waals surface area (Å²) in [5.41, 5.74) is 0.602. The van der Waals surface area contributed by atoms with Gasteiger partial charge >= 0.3 is 0 Å². The van der Waals surface area contributed by atoms with Gasteiger partial charge in [-0.2, -0.15) is 0 Å². The third kappa shape index (κ3) is 2.30. The van der Waals surface area contributed by atoms with E-state index in [1.165, 1.54) is 0 Å². The molecule has 3 heteroatoms. The van der Waals surface area contributed by atoms with Crippen molar-refractivity contribution in [2.45, 2.75) is 0 Å². The molecule has 1 amide bonds. The van der Waals surface area contributed by atoms with Crippen molar-refractivity contribution < 1.29 is 4.79 Å². The van der Waals surface area contributed by atoms with Gasteiger partial charge in [0.2, 0.25) is 0 Å². The summed E-state index contributed by atoms with van der Waals surface area (Å²) >= 11 is 5.67. The quantitative estimate of drug-likeness (QED) is 0.656. The van der Waals surface area contributed by atoms with Crippen LogP contribution in [0.25, 0.3) is 0 Å². The van der Waals surface area contributed by atoms with Crippen LogP contribution in [0.15, 0.2) is 24.3 Å². The lowest BCUT2D eigenvalue weighted by molar-refractivity contribution is -0.111. The molecule has 12 heavy (non-hydrogen) atoms. The number of halogens is 1. The molecule has 0 saturated heterocycles. The maximum atomic E-state index is 10.7. The molecule has 0 aliphatic rings. The van der Waals surface area contributed by atoms with Crippen LogP contribution in [0.1, 0.15) is 0 Å². The average molecular weight is 180 g/mol. The maximum absolute atomic E-state index is 10.7.